The predicted molar refractivity (Wildman–Crippen MR) is 74.1 cm³/mol. The molecule has 0 radical (unpaired) electrons. The van der Waals surface area contributed by atoms with E-state index in [0.717, 1.165) is 6.26 Å². The Morgan fingerprint density at radius 2 is 1.79 bits per heavy atom. The molecule has 0 bridgehead atoms. The maximum atomic E-state index is 11.3. The highest BCUT2D eigenvalue weighted by Gasteiger charge is 2.18. The molecule has 0 aromatic heterocycles. The van der Waals surface area contributed by atoms with Crippen LogP contribution in [0.1, 0.15) is 20.3 Å². The van der Waals surface area contributed by atoms with Gasteiger partial charge in [0.15, 0.2) is 9.84 Å². The molecule has 2 N–H and O–H groups in total. The SMILES string of the molecule is CC(C)C[C@H](Nc1ccc(S(C)(=O)=O)cc1)C(=O)O. The molecule has 1 rings (SSSR count). The van der Waals surface area contributed by atoms with Crippen LogP contribution in [0.2, 0.25) is 0 Å². The number of aliphatic carboxylic acids is 1. The second kappa shape index (κ2) is 6.06. The zero-order valence-electron chi connectivity index (χ0n) is 11.3. The molecule has 0 fully saturated rings. The van der Waals surface area contributed by atoms with Gasteiger partial charge in [0.05, 0.1) is 4.90 Å². The van der Waals surface area contributed by atoms with E-state index in [2.05, 4.69) is 5.32 Å². The lowest BCUT2D eigenvalue weighted by Crippen LogP contribution is -2.30. The van der Waals surface area contributed by atoms with Gasteiger partial charge in [-0.05, 0) is 36.6 Å². The molecule has 0 aliphatic carbocycles. The third-order valence-electron chi connectivity index (χ3n) is 2.63. The molecule has 0 heterocycles. The van der Waals surface area contributed by atoms with Crippen molar-refractivity contribution in [2.45, 2.75) is 31.2 Å². The van der Waals surface area contributed by atoms with Crippen molar-refractivity contribution in [1.82, 2.24) is 0 Å². The lowest BCUT2D eigenvalue weighted by atomic mass is 10.0. The van der Waals surface area contributed by atoms with Crippen molar-refractivity contribution in [3.63, 3.8) is 0 Å². The molecule has 6 heteroatoms. The van der Waals surface area contributed by atoms with Gasteiger partial charge >= 0.3 is 5.97 Å². The minimum absolute atomic E-state index is 0.216. The number of nitrogens with one attached hydrogen (secondary N) is 1. The Hall–Kier alpha value is -1.56. The van der Waals surface area contributed by atoms with Crippen molar-refractivity contribution in [3.8, 4) is 0 Å². The zero-order valence-corrected chi connectivity index (χ0v) is 12.1. The number of carboxylic acid groups (broad SMARTS) is 1. The minimum atomic E-state index is -3.23. The van der Waals surface area contributed by atoms with Crippen LogP contribution in [0.3, 0.4) is 0 Å². The van der Waals surface area contributed by atoms with Gasteiger partial charge in [0, 0.05) is 11.9 Å². The van der Waals surface area contributed by atoms with Gasteiger partial charge in [-0.3, -0.25) is 0 Å². The molecule has 0 amide bonds. The number of carbonyl (C=O) groups is 1. The van der Waals surface area contributed by atoms with Crippen molar-refractivity contribution >= 4 is 21.5 Å². The number of hydrogen-bond acceptors (Lipinski definition) is 4. The topological polar surface area (TPSA) is 83.5 Å². The first-order valence-electron chi connectivity index (χ1n) is 5.99. The molecule has 0 aliphatic rings. The van der Waals surface area contributed by atoms with Crippen LogP contribution >= 0.6 is 0 Å². The van der Waals surface area contributed by atoms with E-state index in [1.54, 1.807) is 12.1 Å². The molecule has 1 aromatic carbocycles. The van der Waals surface area contributed by atoms with Crippen LogP contribution in [0.15, 0.2) is 29.2 Å². The second-order valence-corrected chi connectivity index (χ2v) is 6.98. The molecular formula is C13H19NO4S. The van der Waals surface area contributed by atoms with Crippen LogP contribution in [-0.2, 0) is 14.6 Å². The Labute approximate surface area is 113 Å². The highest BCUT2D eigenvalue weighted by atomic mass is 32.2. The zero-order chi connectivity index (χ0) is 14.6. The number of benzene rings is 1. The van der Waals surface area contributed by atoms with E-state index >= 15 is 0 Å². The van der Waals surface area contributed by atoms with Gasteiger partial charge in [-0.25, -0.2) is 13.2 Å². The van der Waals surface area contributed by atoms with Crippen LogP contribution in [0.25, 0.3) is 0 Å². The summed E-state index contributed by atoms with van der Waals surface area (Å²) in [5, 5.41) is 12.0. The smallest absolute Gasteiger partial charge is 0.326 e. The van der Waals surface area contributed by atoms with Crippen LogP contribution in [0.5, 0.6) is 0 Å². The van der Waals surface area contributed by atoms with Crippen LogP contribution in [0.4, 0.5) is 5.69 Å². The van der Waals surface area contributed by atoms with Crippen molar-refractivity contribution in [2.75, 3.05) is 11.6 Å². The average Bonchev–Trinajstić information content (AvgIpc) is 2.27. The quantitative estimate of drug-likeness (QED) is 0.835. The summed E-state index contributed by atoms with van der Waals surface area (Å²) in [4.78, 5) is 11.3. The fraction of sp³-hybridized carbons (Fsp3) is 0.462. The van der Waals surface area contributed by atoms with Gasteiger partial charge in [-0.1, -0.05) is 13.8 Å². The largest absolute Gasteiger partial charge is 0.480 e. The standard InChI is InChI=1S/C13H19NO4S/c1-9(2)8-12(13(15)16)14-10-4-6-11(7-5-10)19(3,17)18/h4-7,9,12,14H,8H2,1-3H3,(H,15,16)/t12-/m0/s1. The van der Waals surface area contributed by atoms with E-state index in [4.69, 9.17) is 5.11 Å². The summed E-state index contributed by atoms with van der Waals surface area (Å²) in [6.45, 7) is 3.90. The van der Waals surface area contributed by atoms with Crippen molar-refractivity contribution in [1.29, 1.82) is 0 Å². The number of rotatable bonds is 6. The lowest BCUT2D eigenvalue weighted by molar-refractivity contribution is -0.138. The summed E-state index contributed by atoms with van der Waals surface area (Å²) < 4.78 is 22.6. The molecule has 1 aromatic rings. The summed E-state index contributed by atoms with van der Waals surface area (Å²) >= 11 is 0. The molecule has 0 aliphatic heterocycles. The maximum absolute atomic E-state index is 11.3. The number of sulfone groups is 1. The molecule has 0 saturated carbocycles. The van der Waals surface area contributed by atoms with E-state index < -0.39 is 21.8 Å². The van der Waals surface area contributed by atoms with Gasteiger partial charge in [0.1, 0.15) is 6.04 Å². The van der Waals surface area contributed by atoms with Gasteiger partial charge in [0.25, 0.3) is 0 Å². The van der Waals surface area contributed by atoms with Gasteiger partial charge in [-0.15, -0.1) is 0 Å². The second-order valence-electron chi connectivity index (χ2n) is 4.96. The Kier molecular flexibility index (Phi) is 4.94. The predicted octanol–water partition coefficient (Wildman–Crippen LogP) is 2.00. The van der Waals surface area contributed by atoms with Crippen LogP contribution in [-0.4, -0.2) is 31.8 Å². The van der Waals surface area contributed by atoms with Crippen LogP contribution in [0, 0.1) is 5.92 Å². The van der Waals surface area contributed by atoms with Crippen molar-refractivity contribution in [2.24, 2.45) is 5.92 Å². The Balaban J connectivity index is 2.84. The summed E-state index contributed by atoms with van der Waals surface area (Å²) in [5.41, 5.74) is 0.598. The third-order valence-corrected chi connectivity index (χ3v) is 3.76. The molecule has 19 heavy (non-hydrogen) atoms. The highest BCUT2D eigenvalue weighted by molar-refractivity contribution is 7.90. The number of carboxylic acids is 1. The first-order chi connectivity index (χ1) is 8.70. The Bertz CT molecular complexity index is 534. The molecule has 0 unspecified atom stereocenters. The third kappa shape index (κ3) is 4.90. The molecule has 5 nitrogen and oxygen atoms in total. The lowest BCUT2D eigenvalue weighted by Gasteiger charge is -2.17. The van der Waals surface area contributed by atoms with Gasteiger partial charge in [-0.2, -0.15) is 0 Å². The molecule has 1 atom stereocenters. The van der Waals surface area contributed by atoms with E-state index in [1.807, 2.05) is 13.8 Å². The maximum Gasteiger partial charge on any atom is 0.326 e. The van der Waals surface area contributed by atoms with E-state index in [9.17, 15) is 13.2 Å². The fourth-order valence-electron chi connectivity index (χ4n) is 1.69. The highest BCUT2D eigenvalue weighted by Crippen LogP contribution is 2.17. The molecular weight excluding hydrogens is 266 g/mol. The van der Waals surface area contributed by atoms with E-state index in [-0.39, 0.29) is 10.8 Å². The number of anilines is 1. The first kappa shape index (κ1) is 15.5. The van der Waals surface area contributed by atoms with Crippen molar-refractivity contribution < 1.29 is 18.3 Å². The monoisotopic (exact) mass is 285 g/mol. The fourth-order valence-corrected chi connectivity index (χ4v) is 2.32. The van der Waals surface area contributed by atoms with Crippen LogP contribution < -0.4 is 5.32 Å². The summed E-state index contributed by atoms with van der Waals surface area (Å²) in [6.07, 6.45) is 1.64. The van der Waals surface area contributed by atoms with Gasteiger partial charge < -0.3 is 10.4 Å². The summed E-state index contributed by atoms with van der Waals surface area (Å²) in [5.74, 6) is -0.662. The molecule has 0 saturated heterocycles. The Morgan fingerprint density at radius 1 is 1.26 bits per heavy atom. The van der Waals surface area contributed by atoms with Gasteiger partial charge in [0.2, 0.25) is 0 Å². The minimum Gasteiger partial charge on any atom is -0.480 e. The van der Waals surface area contributed by atoms with E-state index in [1.165, 1.54) is 12.1 Å². The molecule has 0 spiro atoms. The normalized spacial score (nSPS) is 13.3. The average molecular weight is 285 g/mol. The number of hydrogen-bond donors (Lipinski definition) is 2. The van der Waals surface area contributed by atoms with Crippen molar-refractivity contribution in [3.05, 3.63) is 24.3 Å². The van der Waals surface area contributed by atoms with E-state index in [0.29, 0.717) is 12.1 Å². The summed E-state index contributed by atoms with van der Waals surface area (Å²) in [6, 6.07) is 5.40. The first-order valence-corrected chi connectivity index (χ1v) is 7.88. The molecule has 106 valence electrons. The summed E-state index contributed by atoms with van der Waals surface area (Å²) in [7, 11) is -3.23. The Morgan fingerprint density at radius 3 is 2.16 bits per heavy atom.